The molecule has 1 aromatic carbocycles. The van der Waals surface area contributed by atoms with Gasteiger partial charge in [-0.3, -0.25) is 24.5 Å². The minimum absolute atomic E-state index is 0.0195. The normalized spacial score (nSPS) is 20.6. The van der Waals surface area contributed by atoms with Crippen LogP contribution < -0.4 is 15.6 Å². The fourth-order valence-corrected chi connectivity index (χ4v) is 3.85. The largest absolute Gasteiger partial charge is 0.484 e. The maximum atomic E-state index is 12.5. The Labute approximate surface area is 196 Å². The van der Waals surface area contributed by atoms with Gasteiger partial charge in [0.15, 0.2) is 17.8 Å². The van der Waals surface area contributed by atoms with Gasteiger partial charge in [0.25, 0.3) is 11.5 Å². The van der Waals surface area contributed by atoms with E-state index >= 15 is 0 Å². The van der Waals surface area contributed by atoms with E-state index < -0.39 is 23.8 Å². The molecule has 0 saturated carbocycles. The zero-order chi connectivity index (χ0) is 24.5. The lowest BCUT2D eigenvalue weighted by Crippen LogP contribution is -2.26. The molecule has 3 N–H and O–H groups in total. The van der Waals surface area contributed by atoms with Crippen molar-refractivity contribution in [3.05, 3.63) is 46.5 Å². The number of ether oxygens (including phenoxy) is 3. The van der Waals surface area contributed by atoms with Crippen LogP contribution in [-0.2, 0) is 19.7 Å². The fraction of sp³-hybridized carbons (Fsp3) is 0.478. The number of rotatable bonds is 7. The number of H-pyrrole nitrogens is 1. The van der Waals surface area contributed by atoms with Gasteiger partial charge in [-0.15, -0.1) is 0 Å². The van der Waals surface area contributed by atoms with Crippen LogP contribution >= 0.6 is 0 Å². The van der Waals surface area contributed by atoms with Gasteiger partial charge in [-0.2, -0.15) is 4.98 Å². The van der Waals surface area contributed by atoms with Gasteiger partial charge in [-0.25, -0.2) is 4.98 Å². The number of aromatic nitrogens is 4. The number of aliphatic hydroxyl groups excluding tert-OH is 1. The van der Waals surface area contributed by atoms with E-state index in [1.54, 1.807) is 11.7 Å². The zero-order valence-electron chi connectivity index (χ0n) is 19.6. The number of benzene rings is 1. The van der Waals surface area contributed by atoms with Gasteiger partial charge in [0.05, 0.1) is 19.0 Å². The van der Waals surface area contributed by atoms with Crippen LogP contribution in [0.2, 0.25) is 0 Å². The Kier molecular flexibility index (Phi) is 6.69. The highest BCUT2D eigenvalue weighted by molar-refractivity contribution is 5.90. The second kappa shape index (κ2) is 9.53. The van der Waals surface area contributed by atoms with Crippen molar-refractivity contribution in [3.63, 3.8) is 0 Å². The summed E-state index contributed by atoms with van der Waals surface area (Å²) in [5, 5.41) is 12.1. The number of hydrogen-bond donors (Lipinski definition) is 3. The monoisotopic (exact) mass is 471 g/mol. The van der Waals surface area contributed by atoms with Gasteiger partial charge in [0.1, 0.15) is 18.1 Å². The number of nitrogens with zero attached hydrogens (tertiary/aromatic N) is 3. The Bertz CT molecular complexity index is 1200. The minimum Gasteiger partial charge on any atom is -0.484 e. The predicted molar refractivity (Wildman–Crippen MR) is 124 cm³/mol. The van der Waals surface area contributed by atoms with Crippen molar-refractivity contribution < 1.29 is 24.1 Å². The molecule has 0 unspecified atom stereocenters. The third-order valence-electron chi connectivity index (χ3n) is 5.75. The molecule has 11 nitrogen and oxygen atoms in total. The number of anilines is 1. The van der Waals surface area contributed by atoms with Gasteiger partial charge in [0.2, 0.25) is 5.95 Å². The second-order valence-electron chi connectivity index (χ2n) is 9.17. The number of fused-ring (bicyclic) bond motifs is 1. The maximum absolute atomic E-state index is 12.5. The van der Waals surface area contributed by atoms with Crippen molar-refractivity contribution in [1.82, 2.24) is 19.5 Å². The van der Waals surface area contributed by atoms with Crippen molar-refractivity contribution in [2.75, 3.05) is 25.6 Å². The van der Waals surface area contributed by atoms with Gasteiger partial charge in [0, 0.05) is 13.5 Å². The molecule has 0 radical (unpaired) electrons. The summed E-state index contributed by atoms with van der Waals surface area (Å²) in [6.07, 6.45) is 0.571. The average molecular weight is 472 g/mol. The van der Waals surface area contributed by atoms with Crippen LogP contribution in [0.15, 0.2) is 35.4 Å². The van der Waals surface area contributed by atoms with Crippen molar-refractivity contribution in [2.24, 2.45) is 0 Å². The van der Waals surface area contributed by atoms with Crippen LogP contribution in [-0.4, -0.2) is 63.1 Å². The molecule has 1 fully saturated rings. The number of aromatic amines is 1. The molecule has 3 heterocycles. The summed E-state index contributed by atoms with van der Waals surface area (Å²) in [6.45, 7) is 5.90. The van der Waals surface area contributed by atoms with Gasteiger partial charge >= 0.3 is 0 Å². The van der Waals surface area contributed by atoms with E-state index in [4.69, 9.17) is 14.2 Å². The summed E-state index contributed by atoms with van der Waals surface area (Å²) in [7, 11) is 1.54. The molecule has 1 aliphatic rings. The maximum Gasteiger partial charge on any atom is 0.280 e. The standard InChI is InChI=1S/C23H29N5O6/c1-23(2,3)13-5-7-14(8-6-13)33-11-17(30)25-22-26-20-19(21(31)27-22)24-12-28(20)18-9-15(32-4)16(10-29)34-18/h5-8,12,15-16,18,29H,9-11H2,1-4H3,(H2,25,26,27,30,31)/t15-,16-,18-/m1/s1. The quantitative estimate of drug-likeness (QED) is 0.473. The second-order valence-corrected chi connectivity index (χ2v) is 9.17. The first-order valence-electron chi connectivity index (χ1n) is 11.0. The molecule has 1 amide bonds. The summed E-state index contributed by atoms with van der Waals surface area (Å²) in [5.74, 6) is 0.0453. The van der Waals surface area contributed by atoms with E-state index in [-0.39, 0.29) is 41.8 Å². The Morgan fingerprint density at radius 3 is 2.68 bits per heavy atom. The fourth-order valence-electron chi connectivity index (χ4n) is 3.85. The molecule has 34 heavy (non-hydrogen) atoms. The molecule has 1 aliphatic heterocycles. The van der Waals surface area contributed by atoms with E-state index in [0.717, 1.165) is 5.56 Å². The van der Waals surface area contributed by atoms with Crippen LogP contribution in [0.4, 0.5) is 5.95 Å². The molecule has 4 rings (SSSR count). The highest BCUT2D eigenvalue weighted by Crippen LogP contribution is 2.31. The van der Waals surface area contributed by atoms with E-state index in [1.807, 2.05) is 24.3 Å². The van der Waals surface area contributed by atoms with Crippen LogP contribution in [0.5, 0.6) is 5.75 Å². The van der Waals surface area contributed by atoms with Crippen molar-refractivity contribution in [1.29, 1.82) is 0 Å². The molecular formula is C23H29N5O6. The number of amides is 1. The lowest BCUT2D eigenvalue weighted by Gasteiger charge is -2.19. The highest BCUT2D eigenvalue weighted by Gasteiger charge is 2.36. The lowest BCUT2D eigenvalue weighted by atomic mass is 9.87. The summed E-state index contributed by atoms with van der Waals surface area (Å²) >= 11 is 0. The van der Waals surface area contributed by atoms with Crippen LogP contribution in [0, 0.1) is 0 Å². The molecule has 0 spiro atoms. The first-order chi connectivity index (χ1) is 16.2. The smallest absolute Gasteiger partial charge is 0.280 e. The first kappa shape index (κ1) is 23.9. The van der Waals surface area contributed by atoms with E-state index in [1.165, 1.54) is 6.33 Å². The van der Waals surface area contributed by atoms with Crippen LogP contribution in [0.3, 0.4) is 0 Å². The number of aliphatic hydroxyl groups is 1. The Hall–Kier alpha value is -3.28. The van der Waals surface area contributed by atoms with Crippen molar-refractivity contribution in [2.45, 2.75) is 51.0 Å². The average Bonchev–Trinajstić information content (AvgIpc) is 3.41. The molecule has 2 aromatic heterocycles. The molecule has 3 atom stereocenters. The Morgan fingerprint density at radius 2 is 2.06 bits per heavy atom. The number of methoxy groups -OCH3 is 1. The van der Waals surface area contributed by atoms with Gasteiger partial charge < -0.3 is 19.3 Å². The minimum atomic E-state index is -0.524. The zero-order valence-corrected chi connectivity index (χ0v) is 19.6. The number of carbonyl (C=O) groups is 1. The van der Waals surface area contributed by atoms with Crippen molar-refractivity contribution in [3.8, 4) is 5.75 Å². The molecule has 1 saturated heterocycles. The third-order valence-corrected chi connectivity index (χ3v) is 5.75. The number of imidazole rings is 1. The third kappa shape index (κ3) is 4.96. The summed E-state index contributed by atoms with van der Waals surface area (Å²) in [5.41, 5.74) is 1.03. The van der Waals surface area contributed by atoms with E-state index in [9.17, 15) is 14.7 Å². The van der Waals surface area contributed by atoms with E-state index in [0.29, 0.717) is 12.2 Å². The van der Waals surface area contributed by atoms with Gasteiger partial charge in [-0.05, 0) is 23.1 Å². The predicted octanol–water partition coefficient (Wildman–Crippen LogP) is 1.73. The summed E-state index contributed by atoms with van der Waals surface area (Å²) < 4.78 is 18.3. The van der Waals surface area contributed by atoms with Crippen molar-refractivity contribution >= 4 is 23.0 Å². The van der Waals surface area contributed by atoms with Crippen LogP contribution in [0.25, 0.3) is 11.2 Å². The van der Waals surface area contributed by atoms with Gasteiger partial charge in [-0.1, -0.05) is 32.9 Å². The lowest BCUT2D eigenvalue weighted by molar-refractivity contribution is -0.118. The highest BCUT2D eigenvalue weighted by atomic mass is 16.6. The molecule has 182 valence electrons. The topological polar surface area (TPSA) is 141 Å². The first-order valence-corrected chi connectivity index (χ1v) is 11.0. The Morgan fingerprint density at radius 1 is 1.32 bits per heavy atom. The molecule has 0 aliphatic carbocycles. The SMILES string of the molecule is CO[C@@H]1C[C@H](n2cnc3c(=O)[nH]c(NC(=O)COc4ccc(C(C)(C)C)cc4)nc32)O[C@@H]1CO. The number of hydrogen-bond acceptors (Lipinski definition) is 8. The number of carbonyl (C=O) groups excluding carboxylic acids is 1. The van der Waals surface area contributed by atoms with E-state index in [2.05, 4.69) is 41.0 Å². The number of nitrogens with one attached hydrogen (secondary N) is 2. The molecule has 0 bridgehead atoms. The summed E-state index contributed by atoms with van der Waals surface area (Å²) in [6, 6.07) is 7.55. The molecule has 11 heteroatoms. The van der Waals surface area contributed by atoms with Crippen LogP contribution in [0.1, 0.15) is 39.0 Å². The molecule has 3 aromatic rings. The summed E-state index contributed by atoms with van der Waals surface area (Å²) in [4.78, 5) is 35.9. The Balaban J connectivity index is 1.45. The molecular weight excluding hydrogens is 442 g/mol.